The number of carbonyl (C=O) groups is 1. The summed E-state index contributed by atoms with van der Waals surface area (Å²) in [6.07, 6.45) is 1.14. The molecule has 0 saturated heterocycles. The number of rotatable bonds is 5. The number of hydrogen-bond donors (Lipinski definition) is 4. The molecular formula is C16H16FN3O3. The maximum atomic E-state index is 13.1. The van der Waals surface area contributed by atoms with E-state index in [9.17, 15) is 19.4 Å². The molecule has 0 saturated carbocycles. The number of nitrogens with zero attached hydrogens (tertiary/aromatic N) is 1. The Morgan fingerprint density at radius 2 is 1.87 bits per heavy atom. The van der Waals surface area contributed by atoms with Crippen LogP contribution in [-0.2, 0) is 4.79 Å². The zero-order valence-corrected chi connectivity index (χ0v) is 12.3. The Kier molecular flexibility index (Phi) is 5.14. The van der Waals surface area contributed by atoms with E-state index in [1.54, 1.807) is 13.0 Å². The van der Waals surface area contributed by atoms with Crippen LogP contribution in [0.1, 0.15) is 12.5 Å². The van der Waals surface area contributed by atoms with Gasteiger partial charge in [0.1, 0.15) is 23.4 Å². The molecule has 0 aromatic heterocycles. The fraction of sp³-hybridized carbons (Fsp3) is 0.125. The lowest BCUT2D eigenvalue weighted by atomic mass is 10.2. The number of hydrazone groups is 1. The van der Waals surface area contributed by atoms with E-state index in [1.807, 2.05) is 0 Å². The summed E-state index contributed by atoms with van der Waals surface area (Å²) in [5.41, 5.74) is 2.84. The van der Waals surface area contributed by atoms with Crippen LogP contribution in [0.3, 0.4) is 0 Å². The highest BCUT2D eigenvalue weighted by Gasteiger charge is 2.12. The summed E-state index contributed by atoms with van der Waals surface area (Å²) in [5.74, 6) is -1.18. The SMILES string of the molecule is CC(Nc1cccc(F)c1)C(=O)NN=Cc1c(O)cccc1O. The second kappa shape index (κ2) is 7.26. The minimum absolute atomic E-state index is 0.0959. The number of nitrogens with one attached hydrogen (secondary N) is 2. The molecule has 0 heterocycles. The molecule has 0 aliphatic heterocycles. The lowest BCUT2D eigenvalue weighted by molar-refractivity contribution is -0.121. The van der Waals surface area contributed by atoms with Crippen LogP contribution in [0.5, 0.6) is 11.5 Å². The van der Waals surface area contributed by atoms with Crippen molar-refractivity contribution in [2.45, 2.75) is 13.0 Å². The second-order valence-electron chi connectivity index (χ2n) is 4.82. The Bertz CT molecular complexity index is 714. The highest BCUT2D eigenvalue weighted by molar-refractivity contribution is 5.89. The highest BCUT2D eigenvalue weighted by Crippen LogP contribution is 2.23. The zero-order chi connectivity index (χ0) is 16.8. The van der Waals surface area contributed by atoms with E-state index in [1.165, 1.54) is 36.4 Å². The van der Waals surface area contributed by atoms with Crippen LogP contribution >= 0.6 is 0 Å². The van der Waals surface area contributed by atoms with Crippen molar-refractivity contribution < 1.29 is 19.4 Å². The standard InChI is InChI=1S/C16H16FN3O3/c1-10(19-12-5-2-4-11(17)8-12)16(23)20-18-9-13-14(21)6-3-7-15(13)22/h2-10,19,21-22H,1H3,(H,20,23). The van der Waals surface area contributed by atoms with Crippen LogP contribution in [-0.4, -0.2) is 28.4 Å². The summed E-state index contributed by atoms with van der Waals surface area (Å²) < 4.78 is 13.1. The first kappa shape index (κ1) is 16.3. The Balaban J connectivity index is 1.95. The molecule has 2 aromatic carbocycles. The summed E-state index contributed by atoms with van der Waals surface area (Å²) >= 11 is 0. The molecule has 1 unspecified atom stereocenters. The van der Waals surface area contributed by atoms with E-state index < -0.39 is 17.8 Å². The molecule has 0 fully saturated rings. The van der Waals surface area contributed by atoms with Gasteiger partial charge in [-0.2, -0.15) is 5.10 Å². The molecule has 2 rings (SSSR count). The molecule has 6 nitrogen and oxygen atoms in total. The molecule has 120 valence electrons. The van der Waals surface area contributed by atoms with E-state index in [2.05, 4.69) is 15.8 Å². The molecular weight excluding hydrogens is 301 g/mol. The molecule has 4 N–H and O–H groups in total. The van der Waals surface area contributed by atoms with Gasteiger partial charge in [-0.05, 0) is 37.3 Å². The first-order valence-electron chi connectivity index (χ1n) is 6.83. The van der Waals surface area contributed by atoms with Crippen LogP contribution in [0, 0.1) is 5.82 Å². The van der Waals surface area contributed by atoms with Crippen molar-refractivity contribution in [3.8, 4) is 11.5 Å². The number of amides is 1. The fourth-order valence-corrected chi connectivity index (χ4v) is 1.82. The van der Waals surface area contributed by atoms with E-state index in [4.69, 9.17) is 0 Å². The number of carbonyl (C=O) groups excluding carboxylic acids is 1. The smallest absolute Gasteiger partial charge is 0.262 e. The van der Waals surface area contributed by atoms with Gasteiger partial charge in [0.25, 0.3) is 5.91 Å². The largest absolute Gasteiger partial charge is 0.507 e. The third-order valence-corrected chi connectivity index (χ3v) is 3.03. The van der Waals surface area contributed by atoms with Gasteiger partial charge in [-0.1, -0.05) is 12.1 Å². The minimum atomic E-state index is -0.660. The summed E-state index contributed by atoms with van der Waals surface area (Å²) in [6, 6.07) is 9.33. The molecule has 23 heavy (non-hydrogen) atoms. The van der Waals surface area contributed by atoms with Crippen molar-refractivity contribution >= 4 is 17.8 Å². The average molecular weight is 317 g/mol. The van der Waals surface area contributed by atoms with Crippen molar-refractivity contribution in [3.05, 3.63) is 53.8 Å². The number of halogens is 1. The number of aromatic hydroxyl groups is 2. The van der Waals surface area contributed by atoms with Crippen molar-refractivity contribution in [2.75, 3.05) is 5.32 Å². The normalized spacial score (nSPS) is 12.1. The summed E-state index contributed by atoms with van der Waals surface area (Å²) in [4.78, 5) is 11.9. The number of anilines is 1. The number of phenols is 2. The quantitative estimate of drug-likeness (QED) is 0.502. The summed E-state index contributed by atoms with van der Waals surface area (Å²) in [7, 11) is 0. The minimum Gasteiger partial charge on any atom is -0.507 e. The van der Waals surface area contributed by atoms with Gasteiger partial charge in [0.2, 0.25) is 0 Å². The predicted molar refractivity (Wildman–Crippen MR) is 85.0 cm³/mol. The third kappa shape index (κ3) is 4.44. The first-order chi connectivity index (χ1) is 11.0. The number of hydrogen-bond acceptors (Lipinski definition) is 5. The molecule has 0 aliphatic carbocycles. The molecule has 1 amide bonds. The number of benzene rings is 2. The van der Waals surface area contributed by atoms with Gasteiger partial charge in [-0.15, -0.1) is 0 Å². The van der Waals surface area contributed by atoms with Crippen molar-refractivity contribution in [3.63, 3.8) is 0 Å². The number of phenolic OH excluding ortho intramolecular Hbond substituents is 2. The van der Waals surface area contributed by atoms with Crippen molar-refractivity contribution in [1.82, 2.24) is 5.43 Å². The Hall–Kier alpha value is -3.09. The van der Waals surface area contributed by atoms with Crippen molar-refractivity contribution in [1.29, 1.82) is 0 Å². The first-order valence-corrected chi connectivity index (χ1v) is 6.83. The van der Waals surface area contributed by atoms with Crippen LogP contribution in [0.25, 0.3) is 0 Å². The van der Waals surface area contributed by atoms with Gasteiger partial charge in [-0.3, -0.25) is 4.79 Å². The summed E-state index contributed by atoms with van der Waals surface area (Å²) in [6.45, 7) is 1.59. The second-order valence-corrected chi connectivity index (χ2v) is 4.82. The van der Waals surface area contributed by atoms with Crippen LogP contribution < -0.4 is 10.7 Å². The average Bonchev–Trinajstić information content (AvgIpc) is 2.50. The van der Waals surface area contributed by atoms with Crippen LogP contribution in [0.4, 0.5) is 10.1 Å². The van der Waals surface area contributed by atoms with Gasteiger partial charge < -0.3 is 15.5 Å². The lowest BCUT2D eigenvalue weighted by Crippen LogP contribution is -2.34. The lowest BCUT2D eigenvalue weighted by Gasteiger charge is -2.13. The Labute approximate surface area is 132 Å². The van der Waals surface area contributed by atoms with Gasteiger partial charge >= 0.3 is 0 Å². The van der Waals surface area contributed by atoms with E-state index in [0.29, 0.717) is 5.69 Å². The van der Waals surface area contributed by atoms with Crippen molar-refractivity contribution in [2.24, 2.45) is 5.10 Å². The molecule has 0 aliphatic rings. The van der Waals surface area contributed by atoms with E-state index >= 15 is 0 Å². The molecule has 0 bridgehead atoms. The zero-order valence-electron chi connectivity index (χ0n) is 12.3. The Morgan fingerprint density at radius 3 is 2.52 bits per heavy atom. The topological polar surface area (TPSA) is 94.0 Å². The molecule has 0 radical (unpaired) electrons. The molecule has 2 aromatic rings. The van der Waals surface area contributed by atoms with E-state index in [0.717, 1.165) is 6.21 Å². The maximum absolute atomic E-state index is 13.1. The molecule has 1 atom stereocenters. The van der Waals surface area contributed by atoms with Gasteiger partial charge in [0, 0.05) is 5.69 Å². The van der Waals surface area contributed by atoms with Gasteiger partial charge in [0.15, 0.2) is 0 Å². The maximum Gasteiger partial charge on any atom is 0.262 e. The fourth-order valence-electron chi connectivity index (χ4n) is 1.82. The summed E-state index contributed by atoms with van der Waals surface area (Å²) in [5, 5.41) is 25.7. The van der Waals surface area contributed by atoms with Gasteiger partial charge in [-0.25, -0.2) is 9.82 Å². The Morgan fingerprint density at radius 1 is 1.22 bits per heavy atom. The monoisotopic (exact) mass is 317 g/mol. The molecule has 0 spiro atoms. The van der Waals surface area contributed by atoms with E-state index in [-0.39, 0.29) is 17.1 Å². The predicted octanol–water partition coefficient (Wildman–Crippen LogP) is 2.19. The highest BCUT2D eigenvalue weighted by atomic mass is 19.1. The third-order valence-electron chi connectivity index (χ3n) is 3.03. The van der Waals surface area contributed by atoms with Gasteiger partial charge in [0.05, 0.1) is 11.8 Å². The molecule has 7 heteroatoms. The van der Waals surface area contributed by atoms with Crippen LogP contribution in [0.2, 0.25) is 0 Å². The van der Waals surface area contributed by atoms with Crippen LogP contribution in [0.15, 0.2) is 47.6 Å².